The predicted molar refractivity (Wildman–Crippen MR) is 159 cm³/mol. The summed E-state index contributed by atoms with van der Waals surface area (Å²) in [6.45, 7) is 9.94. The second-order valence-electron chi connectivity index (χ2n) is 11.9. The largest absolute Gasteiger partial charge is 0.573 e. The molecule has 0 radical (unpaired) electrons. The SMILES string of the molecule is CC(C)(C)OC(=O)ON(C(=O)OC(C)(C)C)[C@@H](COCc1ccccc1)COc1ccc(-c2ccc(OC(F)(F)F)cc2)cc1. The van der Waals surface area contributed by atoms with Crippen molar-refractivity contribution in [1.29, 1.82) is 0 Å². The van der Waals surface area contributed by atoms with Gasteiger partial charge in [0.1, 0.15) is 35.3 Å². The Kier molecular flexibility index (Phi) is 11.7. The number of nitrogens with zero attached hydrogens (tertiary/aromatic N) is 1. The molecule has 0 saturated heterocycles. The highest BCUT2D eigenvalue weighted by molar-refractivity contribution is 5.70. The average Bonchev–Trinajstić information content (AvgIpc) is 2.92. The van der Waals surface area contributed by atoms with Gasteiger partial charge in [-0.25, -0.2) is 9.59 Å². The van der Waals surface area contributed by atoms with E-state index < -0.39 is 35.9 Å². The summed E-state index contributed by atoms with van der Waals surface area (Å²) in [6, 6.07) is 20.6. The van der Waals surface area contributed by atoms with Gasteiger partial charge < -0.3 is 23.7 Å². The van der Waals surface area contributed by atoms with Crippen LogP contribution in [0.4, 0.5) is 22.8 Å². The van der Waals surface area contributed by atoms with E-state index in [2.05, 4.69) is 4.74 Å². The van der Waals surface area contributed by atoms with Gasteiger partial charge in [-0.05, 0) is 82.5 Å². The third kappa shape index (κ3) is 13.0. The molecule has 244 valence electrons. The molecule has 0 heterocycles. The van der Waals surface area contributed by atoms with Crippen LogP contribution in [0.5, 0.6) is 11.5 Å². The molecule has 0 aliphatic carbocycles. The molecule has 1 amide bonds. The smallest absolute Gasteiger partial charge is 0.491 e. The van der Waals surface area contributed by atoms with Gasteiger partial charge in [-0.15, -0.1) is 18.2 Å². The van der Waals surface area contributed by atoms with Crippen LogP contribution in [0.25, 0.3) is 11.1 Å². The highest BCUT2D eigenvalue weighted by Gasteiger charge is 2.35. The van der Waals surface area contributed by atoms with Crippen LogP contribution < -0.4 is 9.47 Å². The molecule has 1 atom stereocenters. The number of rotatable bonds is 10. The second kappa shape index (κ2) is 15.0. The van der Waals surface area contributed by atoms with Crippen LogP contribution in [-0.4, -0.2) is 54.1 Å². The van der Waals surface area contributed by atoms with Gasteiger partial charge in [-0.2, -0.15) is 0 Å². The summed E-state index contributed by atoms with van der Waals surface area (Å²) in [5.41, 5.74) is 0.468. The van der Waals surface area contributed by atoms with E-state index >= 15 is 0 Å². The van der Waals surface area contributed by atoms with E-state index in [4.69, 9.17) is 23.8 Å². The van der Waals surface area contributed by atoms with E-state index in [1.165, 1.54) is 24.3 Å². The van der Waals surface area contributed by atoms with Gasteiger partial charge in [0, 0.05) is 0 Å². The van der Waals surface area contributed by atoms with E-state index in [0.717, 1.165) is 10.6 Å². The van der Waals surface area contributed by atoms with E-state index in [9.17, 15) is 22.8 Å². The molecule has 0 spiro atoms. The van der Waals surface area contributed by atoms with E-state index in [-0.39, 0.29) is 25.6 Å². The van der Waals surface area contributed by atoms with Gasteiger partial charge in [0.05, 0.1) is 13.2 Å². The van der Waals surface area contributed by atoms with Crippen molar-refractivity contribution in [2.75, 3.05) is 13.2 Å². The van der Waals surface area contributed by atoms with Gasteiger partial charge in [0.15, 0.2) is 0 Å². The molecule has 3 aromatic carbocycles. The Morgan fingerprint density at radius 1 is 0.711 bits per heavy atom. The fraction of sp³-hybridized carbons (Fsp3) is 0.394. The Hall–Kier alpha value is -4.45. The maximum absolute atomic E-state index is 13.2. The van der Waals surface area contributed by atoms with Crippen molar-refractivity contribution in [3.63, 3.8) is 0 Å². The Bertz CT molecular complexity index is 1370. The lowest BCUT2D eigenvalue weighted by atomic mass is 10.1. The lowest BCUT2D eigenvalue weighted by Gasteiger charge is -2.32. The zero-order valence-electron chi connectivity index (χ0n) is 26.1. The molecule has 0 aliphatic rings. The maximum atomic E-state index is 13.2. The fourth-order valence-electron chi connectivity index (χ4n) is 3.77. The van der Waals surface area contributed by atoms with Crippen LogP contribution in [0.2, 0.25) is 0 Å². The summed E-state index contributed by atoms with van der Waals surface area (Å²) in [5, 5.41) is 0.753. The van der Waals surface area contributed by atoms with Gasteiger partial charge in [0.2, 0.25) is 0 Å². The first-order chi connectivity index (χ1) is 21.0. The summed E-state index contributed by atoms with van der Waals surface area (Å²) in [5.74, 6) is 0.0834. The lowest BCUT2D eigenvalue weighted by molar-refractivity contribution is -0.274. The number of halogens is 3. The topological polar surface area (TPSA) is 92.8 Å². The highest BCUT2D eigenvalue weighted by atomic mass is 19.4. The van der Waals surface area contributed by atoms with Crippen molar-refractivity contribution < 1.29 is 51.3 Å². The molecule has 0 N–H and O–H groups in total. The number of amides is 1. The van der Waals surface area contributed by atoms with Crippen molar-refractivity contribution in [2.24, 2.45) is 0 Å². The van der Waals surface area contributed by atoms with Crippen molar-refractivity contribution in [3.8, 4) is 22.6 Å². The number of carbonyl (C=O) groups excluding carboxylic acids is 2. The summed E-state index contributed by atoms with van der Waals surface area (Å²) in [4.78, 5) is 31.2. The number of benzene rings is 3. The maximum Gasteiger partial charge on any atom is 0.573 e. The number of ether oxygens (including phenoxy) is 5. The van der Waals surface area contributed by atoms with E-state index in [0.29, 0.717) is 16.9 Å². The highest BCUT2D eigenvalue weighted by Crippen LogP contribution is 2.28. The number of hydroxylamine groups is 2. The molecule has 12 heteroatoms. The molecule has 0 aliphatic heterocycles. The third-order valence-electron chi connectivity index (χ3n) is 5.61. The molecule has 0 fully saturated rings. The zero-order valence-corrected chi connectivity index (χ0v) is 26.1. The normalized spacial score (nSPS) is 12.6. The van der Waals surface area contributed by atoms with Crippen molar-refractivity contribution in [1.82, 2.24) is 5.06 Å². The first-order valence-corrected chi connectivity index (χ1v) is 14.1. The Morgan fingerprint density at radius 2 is 1.24 bits per heavy atom. The molecule has 3 rings (SSSR count). The molecule has 0 bridgehead atoms. The predicted octanol–water partition coefficient (Wildman–Crippen LogP) is 8.32. The summed E-state index contributed by atoms with van der Waals surface area (Å²) in [6.07, 6.45) is -6.84. The Balaban J connectivity index is 1.78. The quantitative estimate of drug-likeness (QED) is 0.163. The van der Waals surface area contributed by atoms with Crippen LogP contribution in [0.15, 0.2) is 78.9 Å². The summed E-state index contributed by atoms with van der Waals surface area (Å²) in [7, 11) is 0. The molecule has 9 nitrogen and oxygen atoms in total. The summed E-state index contributed by atoms with van der Waals surface area (Å²) >= 11 is 0. The van der Waals surface area contributed by atoms with Crippen molar-refractivity contribution in [2.45, 2.75) is 71.8 Å². The monoisotopic (exact) mass is 633 g/mol. The molecule has 0 unspecified atom stereocenters. The van der Waals surface area contributed by atoms with Crippen LogP contribution in [0, 0.1) is 0 Å². The minimum absolute atomic E-state index is 0.0959. The number of alkyl halides is 3. The van der Waals surface area contributed by atoms with Crippen LogP contribution in [-0.2, 0) is 25.7 Å². The van der Waals surface area contributed by atoms with Crippen molar-refractivity contribution >= 4 is 12.2 Å². The second-order valence-corrected chi connectivity index (χ2v) is 11.9. The minimum Gasteiger partial charge on any atom is -0.491 e. The molecule has 0 saturated carbocycles. The molecular weight excluding hydrogens is 595 g/mol. The molecule has 0 aromatic heterocycles. The minimum atomic E-state index is -4.78. The first-order valence-electron chi connectivity index (χ1n) is 14.1. The lowest BCUT2D eigenvalue weighted by Crippen LogP contribution is -2.49. The van der Waals surface area contributed by atoms with E-state index in [1.807, 2.05) is 30.3 Å². The molecule has 45 heavy (non-hydrogen) atoms. The number of carbonyl (C=O) groups is 2. The standard InChI is InChI=1S/C33H38F3NO8/c1-31(2,3)43-29(38)37(45-30(39)44-32(4,5)6)26(21-40-20-23-10-8-7-9-11-23)22-41-27-16-12-24(13-17-27)25-14-18-28(19-15-25)42-33(34,35)36/h7-19,26H,20-22H2,1-6H3/t26-/m0/s1. The zero-order chi connectivity index (χ0) is 33.3. The summed E-state index contributed by atoms with van der Waals surface area (Å²) < 4.78 is 64.0. The van der Waals surface area contributed by atoms with Crippen LogP contribution in [0.1, 0.15) is 47.1 Å². The average molecular weight is 634 g/mol. The number of hydrogen-bond donors (Lipinski definition) is 0. The first kappa shape index (κ1) is 35.0. The van der Waals surface area contributed by atoms with E-state index in [1.54, 1.807) is 65.8 Å². The fourth-order valence-corrected chi connectivity index (χ4v) is 3.77. The third-order valence-corrected chi connectivity index (χ3v) is 5.61. The van der Waals surface area contributed by atoms with Crippen molar-refractivity contribution in [3.05, 3.63) is 84.4 Å². The Labute approximate surface area is 260 Å². The number of hydrogen-bond acceptors (Lipinski definition) is 8. The van der Waals surface area contributed by atoms with Crippen LogP contribution in [0.3, 0.4) is 0 Å². The van der Waals surface area contributed by atoms with Crippen LogP contribution >= 0.6 is 0 Å². The van der Waals surface area contributed by atoms with Gasteiger partial charge in [-0.1, -0.05) is 54.6 Å². The van der Waals surface area contributed by atoms with Gasteiger partial charge in [0.25, 0.3) is 0 Å². The van der Waals surface area contributed by atoms with Gasteiger partial charge in [-0.3, -0.25) is 4.84 Å². The Morgan fingerprint density at radius 3 is 1.76 bits per heavy atom. The van der Waals surface area contributed by atoms with Gasteiger partial charge >= 0.3 is 18.6 Å². The molecular formula is C33H38F3NO8. The molecule has 3 aromatic rings.